The van der Waals surface area contributed by atoms with Crippen LogP contribution in [0.3, 0.4) is 0 Å². The molecule has 1 amide bonds. The molecule has 2 aromatic rings. The number of hydrogen-bond acceptors (Lipinski definition) is 4. The van der Waals surface area contributed by atoms with Gasteiger partial charge >= 0.3 is 6.18 Å². The molecular weight excluding hydrogens is 431 g/mol. The van der Waals surface area contributed by atoms with Crippen molar-refractivity contribution in [2.24, 2.45) is 5.92 Å². The molecule has 6 nitrogen and oxygen atoms in total. The van der Waals surface area contributed by atoms with Gasteiger partial charge in [0.15, 0.2) is 0 Å². The summed E-state index contributed by atoms with van der Waals surface area (Å²) in [7, 11) is -1.46. The number of pyridine rings is 1. The monoisotopic (exact) mass is 450 g/mol. The van der Waals surface area contributed by atoms with E-state index in [1.54, 1.807) is 0 Å². The third-order valence-corrected chi connectivity index (χ3v) is 5.56. The quantitative estimate of drug-likeness (QED) is 0.678. The smallest absolute Gasteiger partial charge is 0.320 e. The van der Waals surface area contributed by atoms with Crippen LogP contribution in [0.2, 0.25) is 0 Å². The zero-order valence-corrected chi connectivity index (χ0v) is 16.9. The lowest BCUT2D eigenvalue weighted by Gasteiger charge is -2.35. The molecule has 0 bridgehead atoms. The van der Waals surface area contributed by atoms with Crippen LogP contribution < -0.4 is 5.32 Å². The van der Waals surface area contributed by atoms with E-state index in [0.717, 1.165) is 4.68 Å². The second kappa shape index (κ2) is 8.05. The number of aromatic nitrogens is 3. The summed E-state index contributed by atoms with van der Waals surface area (Å²) in [6, 6.07) is 2.63. The number of halogens is 5. The summed E-state index contributed by atoms with van der Waals surface area (Å²) in [5, 5.41) is 6.39. The lowest BCUT2D eigenvalue weighted by atomic mass is 9.81. The predicted octanol–water partition coefficient (Wildman–Crippen LogP) is 3.89. The SMILES string of the molecule is CCc1nn(CC2CC(F)(F)C2)c(C(=O)Nc2ccnc(S(C)=O)c2)c1C(F)(F)F. The third kappa shape index (κ3) is 4.68. The molecule has 0 spiro atoms. The Morgan fingerprint density at radius 3 is 2.57 bits per heavy atom. The van der Waals surface area contributed by atoms with Crippen molar-refractivity contribution in [2.75, 3.05) is 11.6 Å². The Morgan fingerprint density at radius 1 is 1.37 bits per heavy atom. The maximum atomic E-state index is 13.7. The molecule has 0 radical (unpaired) electrons. The molecule has 3 rings (SSSR count). The summed E-state index contributed by atoms with van der Waals surface area (Å²) in [6.45, 7) is 1.24. The van der Waals surface area contributed by atoms with Crippen LogP contribution in [0.25, 0.3) is 0 Å². The Labute approximate surface area is 171 Å². The minimum atomic E-state index is -4.85. The Balaban J connectivity index is 1.98. The molecule has 0 aliphatic heterocycles. The molecule has 2 aromatic heterocycles. The molecule has 1 saturated carbocycles. The number of amides is 1. The number of carbonyl (C=O) groups is 1. The first-order valence-electron chi connectivity index (χ1n) is 9.07. The van der Waals surface area contributed by atoms with Gasteiger partial charge in [0.25, 0.3) is 5.91 Å². The summed E-state index contributed by atoms with van der Waals surface area (Å²) in [6.07, 6.45) is -3.24. The van der Waals surface area contributed by atoms with Crippen molar-refractivity contribution in [3.05, 3.63) is 35.3 Å². The molecule has 0 aromatic carbocycles. The average Bonchev–Trinajstić information content (AvgIpc) is 2.99. The Hall–Kier alpha value is -2.37. The van der Waals surface area contributed by atoms with E-state index in [4.69, 9.17) is 0 Å². The maximum Gasteiger partial charge on any atom is 0.420 e. The standard InChI is InChI=1S/C18H19F5N4O2S/c1-3-12-14(18(21,22)23)15(27(26-12)9-10-7-17(19,20)8-10)16(28)25-11-4-5-24-13(6-11)30(2)29/h4-6,10H,3,7-9H2,1-2H3,(H,24,25,28). The van der Waals surface area contributed by atoms with Crippen molar-refractivity contribution in [3.63, 3.8) is 0 Å². The zero-order valence-electron chi connectivity index (χ0n) is 16.1. The highest BCUT2D eigenvalue weighted by Crippen LogP contribution is 2.44. The number of rotatable bonds is 6. The fourth-order valence-electron chi connectivity index (χ4n) is 3.41. The van der Waals surface area contributed by atoms with Crippen LogP contribution in [0.15, 0.2) is 23.4 Å². The lowest BCUT2D eigenvalue weighted by Crippen LogP contribution is -2.38. The molecule has 1 atom stereocenters. The topological polar surface area (TPSA) is 76.9 Å². The first-order valence-corrected chi connectivity index (χ1v) is 10.6. The molecule has 1 aliphatic rings. The summed E-state index contributed by atoms with van der Waals surface area (Å²) < 4.78 is 79.9. The lowest BCUT2D eigenvalue weighted by molar-refractivity contribution is -0.138. The molecule has 1 unspecified atom stereocenters. The fourth-order valence-corrected chi connectivity index (χ4v) is 3.92. The van der Waals surface area contributed by atoms with Crippen LogP contribution in [-0.2, 0) is 29.9 Å². The van der Waals surface area contributed by atoms with E-state index in [1.807, 2.05) is 0 Å². The van der Waals surface area contributed by atoms with Crippen LogP contribution in [0.5, 0.6) is 0 Å². The molecule has 1 fully saturated rings. The van der Waals surface area contributed by atoms with Crippen LogP contribution in [-0.4, -0.2) is 37.1 Å². The van der Waals surface area contributed by atoms with Crippen molar-refractivity contribution >= 4 is 22.4 Å². The number of aryl methyl sites for hydroxylation is 1. The van der Waals surface area contributed by atoms with Gasteiger partial charge in [-0.25, -0.2) is 13.8 Å². The van der Waals surface area contributed by atoms with Crippen LogP contribution in [0, 0.1) is 5.92 Å². The minimum absolute atomic E-state index is 0.0861. The first-order chi connectivity index (χ1) is 13.9. The van der Waals surface area contributed by atoms with E-state index in [2.05, 4.69) is 15.4 Å². The maximum absolute atomic E-state index is 13.7. The van der Waals surface area contributed by atoms with Crippen LogP contribution in [0.4, 0.5) is 27.6 Å². The average molecular weight is 450 g/mol. The fraction of sp³-hybridized carbons (Fsp3) is 0.500. The van der Waals surface area contributed by atoms with E-state index in [0.29, 0.717) is 0 Å². The predicted molar refractivity (Wildman–Crippen MR) is 98.8 cm³/mol. The van der Waals surface area contributed by atoms with E-state index >= 15 is 0 Å². The van der Waals surface area contributed by atoms with Gasteiger partial charge in [-0.15, -0.1) is 0 Å². The molecule has 30 heavy (non-hydrogen) atoms. The molecule has 0 saturated heterocycles. The summed E-state index contributed by atoms with van der Waals surface area (Å²) in [5.74, 6) is -4.50. The van der Waals surface area contributed by atoms with Crippen molar-refractivity contribution < 1.29 is 31.0 Å². The normalized spacial score (nSPS) is 17.4. The zero-order chi connectivity index (χ0) is 22.3. The van der Waals surface area contributed by atoms with Gasteiger partial charge in [0, 0.05) is 37.5 Å². The summed E-state index contributed by atoms with van der Waals surface area (Å²) in [5.41, 5.74) is -2.13. The highest BCUT2D eigenvalue weighted by Gasteiger charge is 2.47. The van der Waals surface area contributed by atoms with E-state index in [9.17, 15) is 31.0 Å². The first kappa shape index (κ1) is 22.3. The van der Waals surface area contributed by atoms with Crippen LogP contribution >= 0.6 is 0 Å². The highest BCUT2D eigenvalue weighted by atomic mass is 32.2. The number of alkyl halides is 5. The second-order valence-electron chi connectivity index (χ2n) is 7.12. The molecule has 164 valence electrons. The van der Waals surface area contributed by atoms with Gasteiger partial charge in [-0.3, -0.25) is 13.7 Å². The van der Waals surface area contributed by atoms with Crippen molar-refractivity contribution in [1.29, 1.82) is 0 Å². The van der Waals surface area contributed by atoms with Gasteiger partial charge in [0.05, 0.1) is 16.5 Å². The van der Waals surface area contributed by atoms with E-state index in [-0.39, 0.29) is 29.4 Å². The Morgan fingerprint density at radius 2 is 2.03 bits per heavy atom. The number of carbonyl (C=O) groups excluding carboxylic acids is 1. The summed E-state index contributed by atoms with van der Waals surface area (Å²) >= 11 is 0. The van der Waals surface area contributed by atoms with Gasteiger partial charge in [0.1, 0.15) is 16.3 Å². The molecule has 12 heteroatoms. The van der Waals surface area contributed by atoms with Crippen molar-refractivity contribution in [2.45, 2.75) is 49.9 Å². The molecule has 2 heterocycles. The minimum Gasteiger partial charge on any atom is -0.320 e. The molecular formula is C18H19F5N4O2S. The number of hydrogen-bond donors (Lipinski definition) is 1. The third-order valence-electron chi connectivity index (χ3n) is 4.75. The van der Waals surface area contributed by atoms with Crippen molar-refractivity contribution in [1.82, 2.24) is 14.8 Å². The van der Waals surface area contributed by atoms with Gasteiger partial charge in [-0.2, -0.15) is 18.3 Å². The van der Waals surface area contributed by atoms with E-state index < -0.39 is 58.8 Å². The van der Waals surface area contributed by atoms with Gasteiger partial charge in [-0.05, 0) is 24.5 Å². The number of anilines is 1. The molecule has 1 N–H and O–H groups in total. The van der Waals surface area contributed by atoms with Crippen LogP contribution in [0.1, 0.15) is 41.5 Å². The van der Waals surface area contributed by atoms with Crippen molar-refractivity contribution in [3.8, 4) is 0 Å². The van der Waals surface area contributed by atoms with Gasteiger partial charge < -0.3 is 5.32 Å². The molecule has 1 aliphatic carbocycles. The Bertz CT molecular complexity index is 981. The van der Waals surface area contributed by atoms with Gasteiger partial charge in [-0.1, -0.05) is 6.92 Å². The second-order valence-corrected chi connectivity index (χ2v) is 8.45. The highest BCUT2D eigenvalue weighted by molar-refractivity contribution is 7.84. The Kier molecular flexibility index (Phi) is 5.99. The largest absolute Gasteiger partial charge is 0.420 e. The van der Waals surface area contributed by atoms with Gasteiger partial charge in [0.2, 0.25) is 5.92 Å². The summed E-state index contributed by atoms with van der Waals surface area (Å²) in [4.78, 5) is 16.7. The number of nitrogens with one attached hydrogen (secondary N) is 1. The number of nitrogens with zero attached hydrogens (tertiary/aromatic N) is 3. The van der Waals surface area contributed by atoms with E-state index in [1.165, 1.54) is 31.5 Å².